The number of rotatable bonds is 10. The molecule has 1 aliphatic heterocycles. The maximum atomic E-state index is 13.0. The molecular formula is C25H27NO5S2. The van der Waals surface area contributed by atoms with Gasteiger partial charge < -0.3 is 14.2 Å². The molecule has 33 heavy (non-hydrogen) atoms. The van der Waals surface area contributed by atoms with E-state index in [1.807, 2.05) is 18.2 Å². The molecule has 0 bridgehead atoms. The molecule has 3 rings (SSSR count). The Bertz CT molecular complexity index is 1050. The van der Waals surface area contributed by atoms with E-state index in [4.69, 9.17) is 26.4 Å². The van der Waals surface area contributed by atoms with Gasteiger partial charge in [-0.05, 0) is 54.5 Å². The Morgan fingerprint density at radius 1 is 1.06 bits per heavy atom. The number of benzene rings is 2. The predicted octanol–water partition coefficient (Wildman–Crippen LogP) is 5.85. The van der Waals surface area contributed by atoms with Crippen molar-refractivity contribution in [1.82, 2.24) is 0 Å². The lowest BCUT2D eigenvalue weighted by atomic mass is 10.1. The van der Waals surface area contributed by atoms with Gasteiger partial charge in [0.15, 0.2) is 15.8 Å². The highest BCUT2D eigenvalue weighted by atomic mass is 32.2. The van der Waals surface area contributed by atoms with Crippen LogP contribution >= 0.6 is 24.0 Å². The van der Waals surface area contributed by atoms with Gasteiger partial charge in [-0.2, -0.15) is 0 Å². The van der Waals surface area contributed by atoms with E-state index in [-0.39, 0.29) is 5.91 Å². The van der Waals surface area contributed by atoms with E-state index in [1.165, 1.54) is 36.6 Å². The molecule has 0 aromatic heterocycles. The summed E-state index contributed by atoms with van der Waals surface area (Å²) in [4.78, 5) is 26.7. The molecule has 0 saturated carbocycles. The van der Waals surface area contributed by atoms with Crippen LogP contribution in [-0.4, -0.2) is 37.0 Å². The number of carbonyl (C=O) groups excluding carboxylic acids is 2. The van der Waals surface area contributed by atoms with Gasteiger partial charge in [0.1, 0.15) is 0 Å². The average molecular weight is 486 g/mol. The second kappa shape index (κ2) is 11.9. The molecule has 174 valence electrons. The summed E-state index contributed by atoms with van der Waals surface area (Å²) >= 11 is 6.67. The van der Waals surface area contributed by atoms with Gasteiger partial charge in [-0.25, -0.2) is 4.79 Å². The fourth-order valence-electron chi connectivity index (χ4n) is 3.31. The van der Waals surface area contributed by atoms with E-state index >= 15 is 0 Å². The number of ether oxygens (including phenoxy) is 3. The fraction of sp³-hybridized carbons (Fsp3) is 0.320. The third-order valence-electron chi connectivity index (χ3n) is 5.08. The van der Waals surface area contributed by atoms with E-state index in [2.05, 4.69) is 6.92 Å². The third kappa shape index (κ3) is 6.15. The maximum absolute atomic E-state index is 13.0. The highest BCUT2D eigenvalue weighted by molar-refractivity contribution is 8.27. The van der Waals surface area contributed by atoms with E-state index in [0.717, 1.165) is 18.4 Å². The SMILES string of the molecule is CCCCCCOc1ccc(/C=C2\SC(=S)N(c3ccc(C(=O)OC)cc3)C2=O)cc1OC. The Hall–Kier alpha value is -2.84. The van der Waals surface area contributed by atoms with Crippen molar-refractivity contribution in [1.29, 1.82) is 0 Å². The smallest absolute Gasteiger partial charge is 0.337 e. The van der Waals surface area contributed by atoms with E-state index in [9.17, 15) is 9.59 Å². The van der Waals surface area contributed by atoms with Crippen LogP contribution in [0.5, 0.6) is 11.5 Å². The quantitative estimate of drug-likeness (QED) is 0.181. The number of unbranched alkanes of at least 4 members (excludes halogenated alkanes) is 3. The van der Waals surface area contributed by atoms with Gasteiger partial charge in [0.2, 0.25) is 0 Å². The van der Waals surface area contributed by atoms with Crippen LogP contribution in [-0.2, 0) is 9.53 Å². The van der Waals surface area contributed by atoms with E-state index in [1.54, 1.807) is 37.5 Å². The highest BCUT2D eigenvalue weighted by Gasteiger charge is 2.33. The van der Waals surface area contributed by atoms with Crippen LogP contribution in [0, 0.1) is 0 Å². The second-order valence-electron chi connectivity index (χ2n) is 7.37. The number of hydrogen-bond donors (Lipinski definition) is 0. The molecule has 8 heteroatoms. The average Bonchev–Trinajstić information content (AvgIpc) is 3.11. The number of nitrogens with zero attached hydrogens (tertiary/aromatic N) is 1. The molecule has 0 N–H and O–H groups in total. The second-order valence-corrected chi connectivity index (χ2v) is 9.05. The molecule has 1 amide bonds. The number of hydrogen-bond acceptors (Lipinski definition) is 7. The van der Waals surface area contributed by atoms with Gasteiger partial charge in [-0.15, -0.1) is 0 Å². The summed E-state index contributed by atoms with van der Waals surface area (Å²) in [7, 11) is 2.92. The molecule has 2 aromatic carbocycles. The molecule has 1 fully saturated rings. The normalized spacial score (nSPS) is 14.6. The van der Waals surface area contributed by atoms with Crippen molar-refractivity contribution in [2.75, 3.05) is 25.7 Å². The zero-order valence-electron chi connectivity index (χ0n) is 19.0. The van der Waals surface area contributed by atoms with Crippen molar-refractivity contribution < 1.29 is 23.8 Å². The Morgan fingerprint density at radius 3 is 2.48 bits per heavy atom. The van der Waals surface area contributed by atoms with Crippen LogP contribution in [0.15, 0.2) is 47.4 Å². The first kappa shape index (κ1) is 24.8. The minimum absolute atomic E-state index is 0.217. The van der Waals surface area contributed by atoms with Gasteiger partial charge in [0.25, 0.3) is 5.91 Å². The van der Waals surface area contributed by atoms with Crippen molar-refractivity contribution in [2.45, 2.75) is 32.6 Å². The number of anilines is 1. The standard InChI is InChI=1S/C25H27NO5S2/c1-4-5-6-7-14-31-20-13-8-17(15-21(20)29-2)16-22-23(27)26(25(32)33-22)19-11-9-18(10-12-19)24(28)30-3/h8-13,15-16H,4-7,14H2,1-3H3/b22-16-. The Kier molecular flexibility index (Phi) is 8.91. The number of esters is 1. The molecule has 1 saturated heterocycles. The van der Waals surface area contributed by atoms with Crippen molar-refractivity contribution in [2.24, 2.45) is 0 Å². The minimum Gasteiger partial charge on any atom is -0.493 e. The highest BCUT2D eigenvalue weighted by Crippen LogP contribution is 2.37. The number of methoxy groups -OCH3 is 2. The summed E-state index contributed by atoms with van der Waals surface area (Å²) in [6.07, 6.45) is 6.32. The van der Waals surface area contributed by atoms with Crippen LogP contribution in [0.4, 0.5) is 5.69 Å². The maximum Gasteiger partial charge on any atom is 0.337 e. The van der Waals surface area contributed by atoms with Gasteiger partial charge in [0, 0.05) is 0 Å². The molecule has 2 aromatic rings. The molecule has 0 unspecified atom stereocenters. The van der Waals surface area contributed by atoms with Gasteiger partial charge in [-0.3, -0.25) is 9.69 Å². The summed E-state index contributed by atoms with van der Waals surface area (Å²) in [6.45, 7) is 2.82. The largest absolute Gasteiger partial charge is 0.493 e. The molecule has 1 aliphatic rings. The number of amides is 1. The zero-order chi connectivity index (χ0) is 23.8. The lowest BCUT2D eigenvalue weighted by molar-refractivity contribution is -0.113. The summed E-state index contributed by atoms with van der Waals surface area (Å²) in [5, 5.41) is 0. The summed E-state index contributed by atoms with van der Waals surface area (Å²) in [5.74, 6) is 0.651. The van der Waals surface area contributed by atoms with Gasteiger partial charge in [0.05, 0.1) is 37.0 Å². The first-order chi connectivity index (χ1) is 16.0. The van der Waals surface area contributed by atoms with Crippen LogP contribution in [0.25, 0.3) is 6.08 Å². The summed E-state index contributed by atoms with van der Waals surface area (Å²) in [6, 6.07) is 12.2. The van der Waals surface area contributed by atoms with Crippen molar-refractivity contribution >= 4 is 51.9 Å². The Morgan fingerprint density at radius 2 is 1.82 bits per heavy atom. The molecule has 0 radical (unpaired) electrons. The van der Waals surface area contributed by atoms with Gasteiger partial charge >= 0.3 is 5.97 Å². The van der Waals surface area contributed by atoms with Crippen LogP contribution in [0.2, 0.25) is 0 Å². The number of thioether (sulfide) groups is 1. The molecule has 1 heterocycles. The number of thiocarbonyl (C=S) groups is 1. The molecule has 0 atom stereocenters. The summed E-state index contributed by atoms with van der Waals surface area (Å²) < 4.78 is 16.5. The minimum atomic E-state index is -0.436. The Labute approximate surface area is 203 Å². The van der Waals surface area contributed by atoms with Crippen LogP contribution < -0.4 is 14.4 Å². The molecule has 6 nitrogen and oxygen atoms in total. The van der Waals surface area contributed by atoms with E-state index in [0.29, 0.717) is 38.6 Å². The summed E-state index contributed by atoms with van der Waals surface area (Å²) in [5.41, 5.74) is 1.81. The topological polar surface area (TPSA) is 65.1 Å². The van der Waals surface area contributed by atoms with Gasteiger partial charge in [-0.1, -0.05) is 56.2 Å². The zero-order valence-corrected chi connectivity index (χ0v) is 20.6. The van der Waals surface area contributed by atoms with Crippen LogP contribution in [0.3, 0.4) is 0 Å². The van der Waals surface area contributed by atoms with Crippen LogP contribution in [0.1, 0.15) is 48.5 Å². The first-order valence-corrected chi connectivity index (χ1v) is 12.0. The Balaban J connectivity index is 1.73. The molecule has 0 spiro atoms. The van der Waals surface area contributed by atoms with Crippen molar-refractivity contribution in [3.8, 4) is 11.5 Å². The fourth-order valence-corrected chi connectivity index (χ4v) is 4.61. The molecular weight excluding hydrogens is 458 g/mol. The van der Waals surface area contributed by atoms with Crippen molar-refractivity contribution in [3.63, 3.8) is 0 Å². The molecule has 0 aliphatic carbocycles. The first-order valence-electron chi connectivity index (χ1n) is 10.8. The number of carbonyl (C=O) groups is 2. The van der Waals surface area contributed by atoms with Crippen molar-refractivity contribution in [3.05, 3.63) is 58.5 Å². The van der Waals surface area contributed by atoms with E-state index < -0.39 is 5.97 Å². The monoisotopic (exact) mass is 485 g/mol. The predicted molar refractivity (Wildman–Crippen MR) is 136 cm³/mol. The lowest BCUT2D eigenvalue weighted by Gasteiger charge is -2.14. The lowest BCUT2D eigenvalue weighted by Crippen LogP contribution is -2.27. The third-order valence-corrected chi connectivity index (χ3v) is 6.38.